The third-order valence-electron chi connectivity index (χ3n) is 1.87. The molecule has 0 aliphatic rings. The van der Waals surface area contributed by atoms with Crippen LogP contribution in [0, 0.1) is 11.3 Å². The summed E-state index contributed by atoms with van der Waals surface area (Å²) in [7, 11) is 0. The van der Waals surface area contributed by atoms with Gasteiger partial charge in [-0.1, -0.05) is 6.07 Å². The van der Waals surface area contributed by atoms with E-state index < -0.39 is 29.7 Å². The normalized spacial score (nSPS) is 10.9. The van der Waals surface area contributed by atoms with Gasteiger partial charge >= 0.3 is 12.1 Å². The Morgan fingerprint density at radius 2 is 2.06 bits per heavy atom. The SMILES string of the molecule is N#Cc1cc(CC(=O)O)ccc1C(F)(F)F. The molecular weight excluding hydrogens is 223 g/mol. The molecule has 16 heavy (non-hydrogen) atoms. The van der Waals surface area contributed by atoms with Crippen molar-refractivity contribution in [2.45, 2.75) is 12.6 Å². The average molecular weight is 229 g/mol. The number of carboxylic acids is 1. The van der Waals surface area contributed by atoms with Crippen LogP contribution in [0.25, 0.3) is 0 Å². The Kier molecular flexibility index (Phi) is 3.18. The molecule has 0 radical (unpaired) electrons. The van der Waals surface area contributed by atoms with Crippen LogP contribution in [0.1, 0.15) is 16.7 Å². The summed E-state index contributed by atoms with van der Waals surface area (Å²) in [5, 5.41) is 17.0. The van der Waals surface area contributed by atoms with Crippen molar-refractivity contribution in [3.8, 4) is 6.07 Å². The Hall–Kier alpha value is -2.03. The topological polar surface area (TPSA) is 61.1 Å². The first kappa shape index (κ1) is 12.0. The first-order chi connectivity index (χ1) is 7.34. The first-order valence-corrected chi connectivity index (χ1v) is 4.16. The van der Waals surface area contributed by atoms with Crippen LogP contribution >= 0.6 is 0 Å². The van der Waals surface area contributed by atoms with Crippen molar-refractivity contribution in [2.24, 2.45) is 0 Å². The van der Waals surface area contributed by atoms with Gasteiger partial charge in [-0.25, -0.2) is 0 Å². The van der Waals surface area contributed by atoms with E-state index in [-0.39, 0.29) is 5.56 Å². The summed E-state index contributed by atoms with van der Waals surface area (Å²) in [5.41, 5.74) is -1.45. The van der Waals surface area contributed by atoms with Crippen molar-refractivity contribution >= 4 is 5.97 Å². The highest BCUT2D eigenvalue weighted by Crippen LogP contribution is 2.32. The van der Waals surface area contributed by atoms with Crippen molar-refractivity contribution in [1.82, 2.24) is 0 Å². The molecule has 0 aliphatic heterocycles. The minimum absolute atomic E-state index is 0.164. The summed E-state index contributed by atoms with van der Waals surface area (Å²) in [4.78, 5) is 10.3. The van der Waals surface area contributed by atoms with Crippen molar-refractivity contribution < 1.29 is 23.1 Å². The van der Waals surface area contributed by atoms with Crippen molar-refractivity contribution in [2.75, 3.05) is 0 Å². The fourth-order valence-electron chi connectivity index (χ4n) is 1.22. The molecule has 0 aliphatic carbocycles. The molecule has 1 aromatic rings. The van der Waals surface area contributed by atoms with Crippen LogP contribution < -0.4 is 0 Å². The number of aliphatic carboxylic acids is 1. The molecule has 0 aromatic heterocycles. The maximum atomic E-state index is 12.4. The smallest absolute Gasteiger partial charge is 0.417 e. The molecule has 84 valence electrons. The van der Waals surface area contributed by atoms with E-state index in [4.69, 9.17) is 10.4 Å². The zero-order valence-electron chi connectivity index (χ0n) is 7.88. The molecule has 0 spiro atoms. The van der Waals surface area contributed by atoms with Crippen LogP contribution in [0.5, 0.6) is 0 Å². The van der Waals surface area contributed by atoms with E-state index in [0.717, 1.165) is 18.2 Å². The summed E-state index contributed by atoms with van der Waals surface area (Å²) < 4.78 is 37.1. The quantitative estimate of drug-likeness (QED) is 0.845. The lowest BCUT2D eigenvalue weighted by atomic mass is 10.0. The van der Waals surface area contributed by atoms with Gasteiger partial charge in [-0.2, -0.15) is 18.4 Å². The molecule has 0 unspecified atom stereocenters. The molecule has 0 saturated heterocycles. The Bertz CT molecular complexity index is 460. The zero-order valence-corrected chi connectivity index (χ0v) is 7.88. The fraction of sp³-hybridized carbons (Fsp3) is 0.200. The Balaban J connectivity index is 3.19. The van der Waals surface area contributed by atoms with E-state index in [1.807, 2.05) is 0 Å². The van der Waals surface area contributed by atoms with Crippen molar-refractivity contribution in [3.63, 3.8) is 0 Å². The Morgan fingerprint density at radius 1 is 1.44 bits per heavy atom. The number of rotatable bonds is 2. The number of hydrogen-bond acceptors (Lipinski definition) is 2. The van der Waals surface area contributed by atoms with Gasteiger partial charge in [0.2, 0.25) is 0 Å². The third kappa shape index (κ3) is 2.73. The van der Waals surface area contributed by atoms with Crippen LogP contribution in [0.3, 0.4) is 0 Å². The van der Waals surface area contributed by atoms with E-state index in [2.05, 4.69) is 0 Å². The fourth-order valence-corrected chi connectivity index (χ4v) is 1.22. The molecule has 0 atom stereocenters. The monoisotopic (exact) mass is 229 g/mol. The van der Waals surface area contributed by atoms with Gasteiger partial charge in [-0.3, -0.25) is 4.79 Å². The molecule has 0 fully saturated rings. The van der Waals surface area contributed by atoms with Crippen LogP contribution in [0.2, 0.25) is 0 Å². The number of alkyl halides is 3. The van der Waals surface area contributed by atoms with Crippen molar-refractivity contribution in [1.29, 1.82) is 5.26 Å². The van der Waals surface area contributed by atoms with E-state index in [0.29, 0.717) is 0 Å². The van der Waals surface area contributed by atoms with Gasteiger partial charge in [-0.05, 0) is 17.7 Å². The van der Waals surface area contributed by atoms with Crippen LogP contribution in [-0.2, 0) is 17.4 Å². The molecule has 0 saturated carbocycles. The molecule has 1 N–H and O–H groups in total. The number of halogens is 3. The van der Waals surface area contributed by atoms with Gasteiger partial charge < -0.3 is 5.11 Å². The first-order valence-electron chi connectivity index (χ1n) is 4.16. The van der Waals surface area contributed by atoms with Crippen LogP contribution in [0.4, 0.5) is 13.2 Å². The number of nitriles is 1. The highest BCUT2D eigenvalue weighted by atomic mass is 19.4. The van der Waals surface area contributed by atoms with E-state index in [9.17, 15) is 18.0 Å². The summed E-state index contributed by atoms with van der Waals surface area (Å²) in [6.45, 7) is 0. The van der Waals surface area contributed by atoms with Crippen LogP contribution in [-0.4, -0.2) is 11.1 Å². The molecule has 1 rings (SSSR count). The average Bonchev–Trinajstić information content (AvgIpc) is 2.14. The summed E-state index contributed by atoms with van der Waals surface area (Å²) >= 11 is 0. The molecule has 1 aromatic carbocycles. The Labute approximate surface area is 88.7 Å². The predicted octanol–water partition coefficient (Wildman–Crippen LogP) is 2.20. The number of hydrogen-bond donors (Lipinski definition) is 1. The minimum Gasteiger partial charge on any atom is -0.481 e. The third-order valence-corrected chi connectivity index (χ3v) is 1.87. The second-order valence-electron chi connectivity index (χ2n) is 3.06. The van der Waals surface area contributed by atoms with Gasteiger partial charge in [0, 0.05) is 0 Å². The van der Waals surface area contributed by atoms with Gasteiger partial charge in [0.05, 0.1) is 23.6 Å². The lowest BCUT2D eigenvalue weighted by molar-refractivity contribution is -0.137. The van der Waals surface area contributed by atoms with E-state index in [1.165, 1.54) is 6.07 Å². The molecular formula is C10H6F3NO2. The maximum Gasteiger partial charge on any atom is 0.417 e. The molecule has 3 nitrogen and oxygen atoms in total. The van der Waals surface area contributed by atoms with E-state index in [1.54, 1.807) is 0 Å². The minimum atomic E-state index is -4.60. The lowest BCUT2D eigenvalue weighted by Gasteiger charge is -2.09. The second kappa shape index (κ2) is 4.23. The summed E-state index contributed by atoms with van der Waals surface area (Å²) in [6.07, 6.45) is -5.01. The number of benzene rings is 1. The number of carbonyl (C=O) groups is 1. The van der Waals surface area contributed by atoms with Crippen LogP contribution in [0.15, 0.2) is 18.2 Å². The summed E-state index contributed by atoms with van der Waals surface area (Å²) in [5.74, 6) is -1.16. The highest BCUT2D eigenvalue weighted by Gasteiger charge is 2.33. The zero-order chi connectivity index (χ0) is 12.3. The van der Waals surface area contributed by atoms with Gasteiger partial charge in [0.1, 0.15) is 0 Å². The number of carboxylic acid groups (broad SMARTS) is 1. The lowest BCUT2D eigenvalue weighted by Crippen LogP contribution is -2.09. The van der Waals surface area contributed by atoms with Gasteiger partial charge in [0.15, 0.2) is 0 Å². The van der Waals surface area contributed by atoms with Gasteiger partial charge in [-0.15, -0.1) is 0 Å². The number of nitrogens with zero attached hydrogens (tertiary/aromatic N) is 1. The molecule has 0 bridgehead atoms. The molecule has 6 heteroatoms. The Morgan fingerprint density at radius 3 is 2.50 bits per heavy atom. The predicted molar refractivity (Wildman–Crippen MR) is 47.5 cm³/mol. The second-order valence-corrected chi connectivity index (χ2v) is 3.06. The summed E-state index contributed by atoms with van der Waals surface area (Å²) in [6, 6.07) is 4.12. The maximum absolute atomic E-state index is 12.4. The van der Waals surface area contributed by atoms with Crippen molar-refractivity contribution in [3.05, 3.63) is 34.9 Å². The van der Waals surface area contributed by atoms with E-state index >= 15 is 0 Å². The highest BCUT2D eigenvalue weighted by molar-refractivity contribution is 5.70. The molecule has 0 amide bonds. The molecule has 0 heterocycles. The van der Waals surface area contributed by atoms with Gasteiger partial charge in [0.25, 0.3) is 0 Å². The largest absolute Gasteiger partial charge is 0.481 e. The standard InChI is InChI=1S/C10H6F3NO2/c11-10(12,13)8-2-1-6(4-9(15)16)3-7(8)5-14/h1-3H,4H2,(H,15,16).